The number of benzene rings is 2. The van der Waals surface area contributed by atoms with Crippen molar-refractivity contribution in [2.24, 2.45) is 0 Å². The number of sulfonamides is 1. The fourth-order valence-electron chi connectivity index (χ4n) is 3.05. The number of aryl methyl sites for hydroxylation is 1. The minimum absolute atomic E-state index is 0.0115. The van der Waals surface area contributed by atoms with Gasteiger partial charge in [-0.3, -0.25) is 9.59 Å². The second-order valence-electron chi connectivity index (χ2n) is 6.80. The highest BCUT2D eigenvalue weighted by molar-refractivity contribution is 7.89. The quantitative estimate of drug-likeness (QED) is 0.680. The Morgan fingerprint density at radius 3 is 2.77 bits per heavy atom. The van der Waals surface area contributed by atoms with Crippen LogP contribution in [0.4, 0.5) is 5.69 Å². The normalized spacial score (nSPS) is 13.3. The van der Waals surface area contributed by atoms with Crippen molar-refractivity contribution in [2.45, 2.75) is 18.4 Å². The van der Waals surface area contributed by atoms with Crippen molar-refractivity contribution >= 4 is 27.5 Å². The maximum absolute atomic E-state index is 13.0. The predicted octanol–water partition coefficient (Wildman–Crippen LogP) is 1.27. The molecule has 0 radical (unpaired) electrons. The van der Waals surface area contributed by atoms with E-state index in [0.29, 0.717) is 17.0 Å². The zero-order valence-corrected chi connectivity index (χ0v) is 17.7. The molecule has 0 aliphatic carbocycles. The first kappa shape index (κ1) is 21.6. The van der Waals surface area contributed by atoms with Crippen LogP contribution in [0, 0.1) is 6.92 Å². The third kappa shape index (κ3) is 4.55. The first-order chi connectivity index (χ1) is 14.2. The Hall–Kier alpha value is -3.11. The molecule has 3 rings (SSSR count). The largest absolute Gasteiger partial charge is 0.496 e. The van der Waals surface area contributed by atoms with Crippen molar-refractivity contribution in [2.75, 3.05) is 32.6 Å². The van der Waals surface area contributed by atoms with Gasteiger partial charge in [-0.25, -0.2) is 8.42 Å². The van der Waals surface area contributed by atoms with Gasteiger partial charge >= 0.3 is 0 Å². The number of hydrogen-bond donors (Lipinski definition) is 2. The van der Waals surface area contributed by atoms with E-state index in [2.05, 4.69) is 10.6 Å². The van der Waals surface area contributed by atoms with Crippen LogP contribution < -0.4 is 20.1 Å². The molecule has 0 saturated carbocycles. The van der Waals surface area contributed by atoms with Gasteiger partial charge in [0.1, 0.15) is 11.5 Å². The van der Waals surface area contributed by atoms with Crippen LogP contribution in [0.3, 0.4) is 0 Å². The van der Waals surface area contributed by atoms with Gasteiger partial charge < -0.3 is 20.1 Å². The van der Waals surface area contributed by atoms with Crippen LogP contribution in [0.2, 0.25) is 0 Å². The van der Waals surface area contributed by atoms with Crippen molar-refractivity contribution < 1.29 is 27.5 Å². The van der Waals surface area contributed by atoms with Gasteiger partial charge in [0.2, 0.25) is 15.9 Å². The Labute approximate surface area is 175 Å². The monoisotopic (exact) mass is 433 g/mol. The maximum atomic E-state index is 13.0. The molecule has 1 aliphatic rings. The van der Waals surface area contributed by atoms with Crippen LogP contribution in [0.25, 0.3) is 0 Å². The summed E-state index contributed by atoms with van der Waals surface area (Å²) < 4.78 is 37.5. The highest BCUT2D eigenvalue weighted by Crippen LogP contribution is 2.33. The Morgan fingerprint density at radius 1 is 1.30 bits per heavy atom. The zero-order chi connectivity index (χ0) is 21.9. The van der Waals surface area contributed by atoms with Crippen LogP contribution >= 0.6 is 0 Å². The lowest BCUT2D eigenvalue weighted by Crippen LogP contribution is -2.38. The zero-order valence-electron chi connectivity index (χ0n) is 16.9. The SMILES string of the molecule is COc1ccccc1CNC(=O)CN(C)S(=O)(=O)c1cc2c(cc1C)NC(=O)CO2. The van der Waals surface area contributed by atoms with Gasteiger partial charge in [-0.15, -0.1) is 0 Å². The fourth-order valence-corrected chi connectivity index (χ4v) is 4.39. The van der Waals surface area contributed by atoms with Crippen LogP contribution in [0.5, 0.6) is 11.5 Å². The first-order valence-corrected chi connectivity index (χ1v) is 10.6. The summed E-state index contributed by atoms with van der Waals surface area (Å²) in [5.41, 5.74) is 1.63. The van der Waals surface area contributed by atoms with E-state index in [-0.39, 0.29) is 36.2 Å². The average molecular weight is 433 g/mol. The van der Waals surface area contributed by atoms with Crippen LogP contribution in [-0.4, -0.2) is 51.8 Å². The minimum atomic E-state index is -3.95. The predicted molar refractivity (Wildman–Crippen MR) is 110 cm³/mol. The van der Waals surface area contributed by atoms with Gasteiger partial charge in [0.05, 0.1) is 24.2 Å². The molecular weight excluding hydrogens is 410 g/mol. The molecule has 0 spiro atoms. The van der Waals surface area contributed by atoms with Gasteiger partial charge in [-0.1, -0.05) is 18.2 Å². The van der Waals surface area contributed by atoms with E-state index >= 15 is 0 Å². The lowest BCUT2D eigenvalue weighted by Gasteiger charge is -2.22. The number of ether oxygens (including phenoxy) is 2. The number of methoxy groups -OCH3 is 1. The third-order valence-corrected chi connectivity index (χ3v) is 6.58. The first-order valence-electron chi connectivity index (χ1n) is 9.14. The Kier molecular flexibility index (Phi) is 6.28. The lowest BCUT2D eigenvalue weighted by molar-refractivity contribution is -0.121. The number of carbonyl (C=O) groups excluding carboxylic acids is 2. The van der Waals surface area contributed by atoms with E-state index in [1.165, 1.54) is 26.3 Å². The summed E-state index contributed by atoms with van der Waals surface area (Å²) in [5, 5.41) is 5.34. The third-order valence-electron chi connectivity index (χ3n) is 4.63. The summed E-state index contributed by atoms with van der Waals surface area (Å²) in [6.45, 7) is 1.29. The topological polar surface area (TPSA) is 114 Å². The van der Waals surface area contributed by atoms with Gasteiger partial charge in [-0.05, 0) is 24.6 Å². The molecule has 30 heavy (non-hydrogen) atoms. The summed E-state index contributed by atoms with van der Waals surface area (Å²) in [6, 6.07) is 10.1. The Bertz CT molecular complexity index is 1080. The molecule has 0 saturated heterocycles. The van der Waals surface area contributed by atoms with Crippen molar-refractivity contribution in [1.29, 1.82) is 0 Å². The van der Waals surface area contributed by atoms with E-state index < -0.39 is 15.9 Å². The van der Waals surface area contributed by atoms with Gasteiger partial charge in [0.15, 0.2) is 6.61 Å². The average Bonchev–Trinajstić information content (AvgIpc) is 2.71. The molecule has 10 heteroatoms. The molecule has 2 aromatic carbocycles. The number of fused-ring (bicyclic) bond motifs is 1. The minimum Gasteiger partial charge on any atom is -0.496 e. The van der Waals surface area contributed by atoms with E-state index in [1.807, 2.05) is 18.2 Å². The molecule has 2 aromatic rings. The van der Waals surface area contributed by atoms with Gasteiger partial charge in [0.25, 0.3) is 5.91 Å². The van der Waals surface area contributed by atoms with E-state index in [0.717, 1.165) is 9.87 Å². The molecule has 0 aromatic heterocycles. The molecule has 1 aliphatic heterocycles. The Balaban J connectivity index is 1.70. The highest BCUT2D eigenvalue weighted by atomic mass is 32.2. The van der Waals surface area contributed by atoms with E-state index in [4.69, 9.17) is 9.47 Å². The van der Waals surface area contributed by atoms with Crippen molar-refractivity contribution in [3.63, 3.8) is 0 Å². The van der Waals surface area contributed by atoms with Crippen LogP contribution in [0.1, 0.15) is 11.1 Å². The highest BCUT2D eigenvalue weighted by Gasteiger charge is 2.28. The number of anilines is 1. The molecule has 0 unspecified atom stereocenters. The summed E-state index contributed by atoms with van der Waals surface area (Å²) in [5.74, 6) is 0.149. The number of rotatable bonds is 7. The molecule has 2 amide bonds. The molecule has 9 nitrogen and oxygen atoms in total. The van der Waals surface area contributed by atoms with E-state index in [9.17, 15) is 18.0 Å². The molecule has 1 heterocycles. The molecule has 0 bridgehead atoms. The van der Waals surface area contributed by atoms with Gasteiger partial charge in [-0.2, -0.15) is 4.31 Å². The number of hydrogen-bond acceptors (Lipinski definition) is 6. The standard InChI is InChI=1S/C20H23N3O6S/c1-13-8-15-17(29-12-20(25)22-15)9-18(13)30(26,27)23(2)11-19(24)21-10-14-6-4-5-7-16(14)28-3/h4-9H,10-12H2,1-3H3,(H,21,24)(H,22,25). The van der Waals surface area contributed by atoms with E-state index in [1.54, 1.807) is 13.0 Å². The number of para-hydroxylation sites is 1. The molecule has 0 fully saturated rings. The Morgan fingerprint density at radius 2 is 2.03 bits per heavy atom. The molecule has 0 atom stereocenters. The number of nitrogens with zero attached hydrogens (tertiary/aromatic N) is 1. The van der Waals surface area contributed by atoms with Crippen molar-refractivity contribution in [3.05, 3.63) is 47.5 Å². The summed E-state index contributed by atoms with van der Waals surface area (Å²) in [6.07, 6.45) is 0. The van der Waals surface area contributed by atoms with Crippen LogP contribution in [-0.2, 0) is 26.2 Å². The summed E-state index contributed by atoms with van der Waals surface area (Å²) in [7, 11) is -1.08. The maximum Gasteiger partial charge on any atom is 0.262 e. The molecular formula is C20H23N3O6S. The van der Waals surface area contributed by atoms with Crippen molar-refractivity contribution in [1.82, 2.24) is 9.62 Å². The fraction of sp³-hybridized carbons (Fsp3) is 0.300. The van der Waals surface area contributed by atoms with Crippen LogP contribution in [0.15, 0.2) is 41.3 Å². The number of likely N-dealkylation sites (N-methyl/N-ethyl adjacent to an activating group) is 1. The number of carbonyl (C=O) groups is 2. The molecule has 160 valence electrons. The lowest BCUT2D eigenvalue weighted by atomic mass is 10.2. The smallest absolute Gasteiger partial charge is 0.262 e. The summed E-state index contributed by atoms with van der Waals surface area (Å²) in [4.78, 5) is 23.8. The van der Waals surface area contributed by atoms with Gasteiger partial charge in [0, 0.05) is 25.2 Å². The second-order valence-corrected chi connectivity index (χ2v) is 8.81. The number of amides is 2. The summed E-state index contributed by atoms with van der Waals surface area (Å²) >= 11 is 0. The van der Waals surface area contributed by atoms with Crippen molar-refractivity contribution in [3.8, 4) is 11.5 Å². The number of nitrogens with one attached hydrogen (secondary N) is 2. The molecule has 2 N–H and O–H groups in total. The second kappa shape index (κ2) is 8.72.